The van der Waals surface area contributed by atoms with Crippen molar-refractivity contribution in [3.8, 4) is 0 Å². The first kappa shape index (κ1) is 6.03. The van der Waals surface area contributed by atoms with Crippen LogP contribution < -0.4 is 11.5 Å². The van der Waals surface area contributed by atoms with Crippen LogP contribution in [-0.2, 0) is 14.3 Å². The summed E-state index contributed by atoms with van der Waals surface area (Å²) in [5.74, 6) is -1.62. The Balaban J connectivity index is 2.75. The maximum absolute atomic E-state index is 10.3. The minimum Gasteiger partial charge on any atom is -0.367 e. The molecule has 5 heteroatoms. The van der Waals surface area contributed by atoms with Gasteiger partial charge >= 0.3 is 0 Å². The molecule has 1 aliphatic heterocycles. The highest BCUT2D eigenvalue weighted by molar-refractivity contribution is 6.09. The Hall–Kier alpha value is -1.10. The molecule has 1 heterocycles. The van der Waals surface area contributed by atoms with Crippen LogP contribution in [0, 0.1) is 0 Å². The van der Waals surface area contributed by atoms with Crippen molar-refractivity contribution in [2.45, 2.75) is 5.60 Å². The molecule has 50 valence electrons. The Bertz CT molecular complexity index is 157. The van der Waals surface area contributed by atoms with Crippen LogP contribution in [0.1, 0.15) is 0 Å². The Labute approximate surface area is 50.9 Å². The zero-order chi connectivity index (χ0) is 7.07. The fraction of sp³-hybridized carbons (Fsp3) is 0.500. The summed E-state index contributed by atoms with van der Waals surface area (Å²) in [6.45, 7) is 0.0255. The number of hydrogen-bond donors (Lipinski definition) is 2. The van der Waals surface area contributed by atoms with Crippen LogP contribution in [0.5, 0.6) is 0 Å². The summed E-state index contributed by atoms with van der Waals surface area (Å²) in [7, 11) is 0. The number of amides is 2. The number of ether oxygens (including phenoxy) is 1. The number of primary amides is 2. The topological polar surface area (TPSA) is 98.7 Å². The van der Waals surface area contributed by atoms with E-state index in [9.17, 15) is 9.59 Å². The van der Waals surface area contributed by atoms with Crippen molar-refractivity contribution < 1.29 is 14.3 Å². The second-order valence-electron chi connectivity index (χ2n) is 1.84. The van der Waals surface area contributed by atoms with Crippen molar-refractivity contribution in [2.24, 2.45) is 11.5 Å². The predicted octanol–water partition coefficient (Wildman–Crippen LogP) is -2.27. The summed E-state index contributed by atoms with van der Waals surface area (Å²) in [6, 6.07) is 0. The average molecular weight is 130 g/mol. The van der Waals surface area contributed by atoms with Gasteiger partial charge in [0, 0.05) is 0 Å². The molecule has 0 radical (unpaired) electrons. The van der Waals surface area contributed by atoms with Gasteiger partial charge in [0.05, 0.1) is 6.61 Å². The third-order valence-corrected chi connectivity index (χ3v) is 1.23. The number of carbonyl (C=O) groups excluding carboxylic acids is 2. The molecule has 0 aromatic heterocycles. The van der Waals surface area contributed by atoms with Crippen molar-refractivity contribution in [3.63, 3.8) is 0 Å². The van der Waals surface area contributed by atoms with Crippen LogP contribution in [0.15, 0.2) is 0 Å². The summed E-state index contributed by atoms with van der Waals surface area (Å²) >= 11 is 0. The van der Waals surface area contributed by atoms with E-state index >= 15 is 0 Å². The second-order valence-corrected chi connectivity index (χ2v) is 1.84. The second kappa shape index (κ2) is 1.44. The van der Waals surface area contributed by atoms with Gasteiger partial charge in [-0.1, -0.05) is 0 Å². The molecule has 0 unspecified atom stereocenters. The van der Waals surface area contributed by atoms with Gasteiger partial charge in [-0.05, 0) is 0 Å². The Morgan fingerprint density at radius 2 is 1.67 bits per heavy atom. The lowest BCUT2D eigenvalue weighted by atomic mass is 10.1. The Morgan fingerprint density at radius 3 is 1.67 bits per heavy atom. The van der Waals surface area contributed by atoms with Crippen LogP contribution in [0.3, 0.4) is 0 Å². The van der Waals surface area contributed by atoms with Crippen LogP contribution in [0.4, 0.5) is 0 Å². The van der Waals surface area contributed by atoms with Gasteiger partial charge in [0.2, 0.25) is 5.60 Å². The van der Waals surface area contributed by atoms with Crippen molar-refractivity contribution in [1.82, 2.24) is 0 Å². The fourth-order valence-electron chi connectivity index (χ4n) is 0.478. The highest BCUT2D eigenvalue weighted by Crippen LogP contribution is 2.25. The minimum atomic E-state index is -1.47. The smallest absolute Gasteiger partial charge is 0.262 e. The van der Waals surface area contributed by atoms with Crippen molar-refractivity contribution in [2.75, 3.05) is 6.61 Å². The predicted molar refractivity (Wildman–Crippen MR) is 27.1 cm³/mol. The standard InChI is InChI=1S/C4H6N2O3/c5-2(7)4(1-9-4)3(6)8/h1H2,(H2,5,7)(H2,6,8). The summed E-state index contributed by atoms with van der Waals surface area (Å²) in [6.07, 6.45) is 0. The van der Waals surface area contributed by atoms with Gasteiger partial charge in [-0.15, -0.1) is 0 Å². The van der Waals surface area contributed by atoms with Gasteiger partial charge < -0.3 is 16.2 Å². The number of carbonyl (C=O) groups is 2. The minimum absolute atomic E-state index is 0.0255. The molecular weight excluding hydrogens is 124 g/mol. The van der Waals surface area contributed by atoms with E-state index in [-0.39, 0.29) is 6.61 Å². The summed E-state index contributed by atoms with van der Waals surface area (Å²) in [5, 5.41) is 0. The zero-order valence-electron chi connectivity index (χ0n) is 4.59. The number of rotatable bonds is 2. The normalized spacial score (nSPS) is 20.9. The first-order valence-electron chi connectivity index (χ1n) is 2.33. The molecule has 0 aromatic rings. The third kappa shape index (κ3) is 0.655. The first-order chi connectivity index (χ1) is 4.09. The van der Waals surface area contributed by atoms with Crippen LogP contribution >= 0.6 is 0 Å². The molecule has 0 aromatic carbocycles. The van der Waals surface area contributed by atoms with E-state index < -0.39 is 17.4 Å². The monoisotopic (exact) mass is 130 g/mol. The van der Waals surface area contributed by atoms with E-state index in [2.05, 4.69) is 4.74 Å². The van der Waals surface area contributed by atoms with Gasteiger partial charge in [0.15, 0.2) is 0 Å². The Morgan fingerprint density at radius 1 is 1.33 bits per heavy atom. The van der Waals surface area contributed by atoms with E-state index in [1.165, 1.54) is 0 Å². The molecular formula is C4H6N2O3. The highest BCUT2D eigenvalue weighted by Gasteiger charge is 2.57. The average Bonchev–Trinajstić information content (AvgIpc) is 2.40. The van der Waals surface area contributed by atoms with E-state index in [4.69, 9.17) is 11.5 Å². The van der Waals surface area contributed by atoms with Gasteiger partial charge in [-0.25, -0.2) is 0 Å². The van der Waals surface area contributed by atoms with Crippen LogP contribution in [0.25, 0.3) is 0 Å². The SMILES string of the molecule is NC(=O)C1(C(N)=O)CO1. The largest absolute Gasteiger partial charge is 0.367 e. The number of nitrogens with two attached hydrogens (primary N) is 2. The van der Waals surface area contributed by atoms with Gasteiger partial charge in [0.25, 0.3) is 11.8 Å². The van der Waals surface area contributed by atoms with Gasteiger partial charge in [-0.2, -0.15) is 0 Å². The molecule has 5 nitrogen and oxygen atoms in total. The summed E-state index contributed by atoms with van der Waals surface area (Å²) < 4.78 is 4.47. The van der Waals surface area contributed by atoms with Crippen molar-refractivity contribution >= 4 is 11.8 Å². The van der Waals surface area contributed by atoms with Gasteiger partial charge in [-0.3, -0.25) is 9.59 Å². The molecule has 0 spiro atoms. The van der Waals surface area contributed by atoms with Crippen molar-refractivity contribution in [1.29, 1.82) is 0 Å². The molecule has 0 saturated carbocycles. The van der Waals surface area contributed by atoms with E-state index in [0.29, 0.717) is 0 Å². The van der Waals surface area contributed by atoms with Gasteiger partial charge in [0.1, 0.15) is 0 Å². The lowest BCUT2D eigenvalue weighted by Gasteiger charge is -1.98. The molecule has 1 aliphatic rings. The quantitative estimate of drug-likeness (QED) is 0.325. The highest BCUT2D eigenvalue weighted by atomic mass is 16.6. The third-order valence-electron chi connectivity index (χ3n) is 1.23. The molecule has 0 aliphatic carbocycles. The van der Waals surface area contributed by atoms with Crippen LogP contribution in [0.2, 0.25) is 0 Å². The summed E-state index contributed by atoms with van der Waals surface area (Å²) in [5.41, 5.74) is 8.07. The van der Waals surface area contributed by atoms with Crippen molar-refractivity contribution in [3.05, 3.63) is 0 Å². The first-order valence-corrected chi connectivity index (χ1v) is 2.33. The summed E-state index contributed by atoms with van der Waals surface area (Å²) in [4.78, 5) is 20.6. The fourth-order valence-corrected chi connectivity index (χ4v) is 0.478. The lowest BCUT2D eigenvalue weighted by molar-refractivity contribution is -0.133. The molecule has 1 rings (SSSR count). The van der Waals surface area contributed by atoms with Crippen LogP contribution in [-0.4, -0.2) is 24.0 Å². The molecule has 2 amide bonds. The molecule has 4 N–H and O–H groups in total. The van der Waals surface area contributed by atoms with E-state index in [0.717, 1.165) is 0 Å². The van der Waals surface area contributed by atoms with E-state index in [1.807, 2.05) is 0 Å². The molecule has 9 heavy (non-hydrogen) atoms. The maximum Gasteiger partial charge on any atom is 0.262 e. The molecule has 0 bridgehead atoms. The molecule has 0 atom stereocenters. The zero-order valence-corrected chi connectivity index (χ0v) is 4.59. The number of epoxide rings is 1. The maximum atomic E-state index is 10.3. The van der Waals surface area contributed by atoms with E-state index in [1.54, 1.807) is 0 Å². The molecule has 1 fully saturated rings. The lowest BCUT2D eigenvalue weighted by Crippen LogP contribution is -2.43. The molecule has 1 saturated heterocycles. The Kier molecular flexibility index (Phi) is 0.967. The number of hydrogen-bond acceptors (Lipinski definition) is 3.